The average Bonchev–Trinajstić information content (AvgIpc) is 2.37. The Labute approximate surface area is 115 Å². The third-order valence-electron chi connectivity index (χ3n) is 3.81. The molecule has 1 saturated carbocycles. The van der Waals surface area contributed by atoms with Gasteiger partial charge in [0.25, 0.3) is 0 Å². The minimum Gasteiger partial charge on any atom is -0.494 e. The number of rotatable bonds is 6. The van der Waals surface area contributed by atoms with Crippen molar-refractivity contribution in [3.05, 3.63) is 29.8 Å². The molecule has 0 aromatic heterocycles. The molecule has 0 atom stereocenters. The molecule has 0 spiro atoms. The number of nitriles is 1. The number of hydrogen-bond donors (Lipinski definition) is 0. The fourth-order valence-corrected chi connectivity index (χ4v) is 2.65. The lowest BCUT2D eigenvalue weighted by atomic mass is 9.69. The second-order valence-electron chi connectivity index (χ2n) is 5.49. The van der Waals surface area contributed by atoms with Crippen molar-refractivity contribution in [1.82, 2.24) is 4.90 Å². The van der Waals surface area contributed by atoms with Crippen LogP contribution >= 0.6 is 0 Å². The number of benzene rings is 1. The maximum Gasteiger partial charge on any atom is 0.119 e. The van der Waals surface area contributed by atoms with E-state index in [9.17, 15) is 5.26 Å². The van der Waals surface area contributed by atoms with Crippen molar-refractivity contribution in [2.75, 3.05) is 20.2 Å². The highest BCUT2D eigenvalue weighted by molar-refractivity contribution is 5.27. The van der Waals surface area contributed by atoms with Crippen molar-refractivity contribution >= 4 is 0 Å². The molecule has 3 nitrogen and oxygen atoms in total. The largest absolute Gasteiger partial charge is 0.494 e. The van der Waals surface area contributed by atoms with E-state index in [0.29, 0.717) is 6.61 Å². The van der Waals surface area contributed by atoms with E-state index in [2.05, 4.69) is 30.1 Å². The van der Waals surface area contributed by atoms with E-state index in [0.717, 1.165) is 31.7 Å². The van der Waals surface area contributed by atoms with Gasteiger partial charge in [-0.05, 0) is 44.5 Å². The quantitative estimate of drug-likeness (QED) is 0.786. The summed E-state index contributed by atoms with van der Waals surface area (Å²) in [6.07, 6.45) is 3.30. The first-order valence-corrected chi connectivity index (χ1v) is 6.99. The molecule has 0 aliphatic heterocycles. The van der Waals surface area contributed by atoms with Crippen molar-refractivity contribution in [3.8, 4) is 11.8 Å². The van der Waals surface area contributed by atoms with E-state index in [-0.39, 0.29) is 5.41 Å². The second-order valence-corrected chi connectivity index (χ2v) is 5.49. The zero-order valence-electron chi connectivity index (χ0n) is 11.9. The molecule has 3 heteroatoms. The van der Waals surface area contributed by atoms with Crippen molar-refractivity contribution < 1.29 is 4.74 Å². The molecule has 1 fully saturated rings. The number of ether oxygens (including phenoxy) is 1. The van der Waals surface area contributed by atoms with Crippen molar-refractivity contribution in [2.24, 2.45) is 5.41 Å². The summed E-state index contributed by atoms with van der Waals surface area (Å²) in [6, 6.07) is 10.7. The fourth-order valence-electron chi connectivity index (χ4n) is 2.65. The van der Waals surface area contributed by atoms with Crippen LogP contribution in [0.1, 0.15) is 31.7 Å². The molecule has 1 aliphatic rings. The molecule has 1 aromatic carbocycles. The van der Waals surface area contributed by atoms with E-state index in [4.69, 9.17) is 4.74 Å². The van der Waals surface area contributed by atoms with Crippen molar-refractivity contribution in [2.45, 2.75) is 32.7 Å². The van der Waals surface area contributed by atoms with Gasteiger partial charge in [0.15, 0.2) is 0 Å². The van der Waals surface area contributed by atoms with Crippen LogP contribution in [0, 0.1) is 16.7 Å². The predicted octanol–water partition coefficient (Wildman–Crippen LogP) is 3.21. The molecule has 0 N–H and O–H groups in total. The Morgan fingerprint density at radius 3 is 2.47 bits per heavy atom. The van der Waals surface area contributed by atoms with Gasteiger partial charge in [0, 0.05) is 13.1 Å². The van der Waals surface area contributed by atoms with E-state index in [1.54, 1.807) is 0 Å². The topological polar surface area (TPSA) is 36.3 Å². The summed E-state index contributed by atoms with van der Waals surface area (Å²) in [4.78, 5) is 2.25. The molecule has 1 aromatic rings. The van der Waals surface area contributed by atoms with Gasteiger partial charge in [0.2, 0.25) is 0 Å². The minimum atomic E-state index is -0.0833. The smallest absolute Gasteiger partial charge is 0.119 e. The van der Waals surface area contributed by atoms with Crippen LogP contribution in [0.5, 0.6) is 5.75 Å². The van der Waals surface area contributed by atoms with Gasteiger partial charge in [0.05, 0.1) is 18.1 Å². The predicted molar refractivity (Wildman–Crippen MR) is 75.8 cm³/mol. The lowest BCUT2D eigenvalue weighted by Crippen LogP contribution is -2.39. The van der Waals surface area contributed by atoms with Gasteiger partial charge in [-0.2, -0.15) is 5.26 Å². The fraction of sp³-hybridized carbons (Fsp3) is 0.562. The molecule has 2 rings (SSSR count). The SMILES string of the molecule is CCOc1ccc(CN(C)CC2(C#N)CCC2)cc1. The summed E-state index contributed by atoms with van der Waals surface area (Å²) in [5.74, 6) is 0.918. The molecule has 0 unspecified atom stereocenters. The molecule has 0 saturated heterocycles. The van der Waals surface area contributed by atoms with E-state index >= 15 is 0 Å². The molecular formula is C16H22N2O. The average molecular weight is 258 g/mol. The Morgan fingerprint density at radius 2 is 2.00 bits per heavy atom. The van der Waals surface area contributed by atoms with Gasteiger partial charge in [-0.15, -0.1) is 0 Å². The van der Waals surface area contributed by atoms with Gasteiger partial charge in [0.1, 0.15) is 5.75 Å². The molecule has 0 bridgehead atoms. The van der Waals surface area contributed by atoms with E-state index < -0.39 is 0 Å². The van der Waals surface area contributed by atoms with Crippen molar-refractivity contribution in [3.63, 3.8) is 0 Å². The maximum atomic E-state index is 9.25. The van der Waals surface area contributed by atoms with Crippen molar-refractivity contribution in [1.29, 1.82) is 5.26 Å². The monoisotopic (exact) mass is 258 g/mol. The summed E-state index contributed by atoms with van der Waals surface area (Å²) in [5.41, 5.74) is 1.18. The van der Waals surface area contributed by atoms with E-state index in [1.165, 1.54) is 12.0 Å². The summed E-state index contributed by atoms with van der Waals surface area (Å²) in [5, 5.41) is 9.25. The highest BCUT2D eigenvalue weighted by Gasteiger charge is 2.37. The molecule has 0 radical (unpaired) electrons. The van der Waals surface area contributed by atoms with Gasteiger partial charge in [-0.3, -0.25) is 0 Å². The third-order valence-corrected chi connectivity index (χ3v) is 3.81. The first kappa shape index (κ1) is 13.9. The van der Waals surface area contributed by atoms with Crippen LogP contribution in [0.25, 0.3) is 0 Å². The van der Waals surface area contributed by atoms with Gasteiger partial charge in [-0.25, -0.2) is 0 Å². The first-order chi connectivity index (χ1) is 9.17. The third kappa shape index (κ3) is 3.48. The molecule has 102 valence electrons. The standard InChI is InChI=1S/C16H22N2O/c1-3-19-15-7-5-14(6-8-15)11-18(2)13-16(12-17)9-4-10-16/h5-8H,3-4,9-11,13H2,1-2H3. The molecule has 0 heterocycles. The highest BCUT2D eigenvalue weighted by atomic mass is 16.5. The minimum absolute atomic E-state index is 0.0833. The summed E-state index contributed by atoms with van der Waals surface area (Å²) < 4.78 is 5.43. The number of hydrogen-bond acceptors (Lipinski definition) is 3. The highest BCUT2D eigenvalue weighted by Crippen LogP contribution is 2.40. The first-order valence-electron chi connectivity index (χ1n) is 6.99. The lowest BCUT2D eigenvalue weighted by molar-refractivity contribution is 0.134. The van der Waals surface area contributed by atoms with Gasteiger partial charge in [-0.1, -0.05) is 18.6 Å². The van der Waals surface area contributed by atoms with Crippen LogP contribution in [0.2, 0.25) is 0 Å². The van der Waals surface area contributed by atoms with Crippen LogP contribution in [0.15, 0.2) is 24.3 Å². The molecule has 0 amide bonds. The Kier molecular flexibility index (Phi) is 4.44. The van der Waals surface area contributed by atoms with Crippen LogP contribution in [0.3, 0.4) is 0 Å². The Balaban J connectivity index is 1.88. The van der Waals surface area contributed by atoms with Crippen LogP contribution in [0.4, 0.5) is 0 Å². The number of nitrogens with zero attached hydrogens (tertiary/aromatic N) is 2. The molecule has 1 aliphatic carbocycles. The summed E-state index contributed by atoms with van der Waals surface area (Å²) in [7, 11) is 2.09. The molecule has 19 heavy (non-hydrogen) atoms. The maximum absolute atomic E-state index is 9.25. The van der Waals surface area contributed by atoms with Crippen LogP contribution < -0.4 is 4.74 Å². The Hall–Kier alpha value is -1.53. The van der Waals surface area contributed by atoms with E-state index in [1.807, 2.05) is 19.1 Å². The summed E-state index contributed by atoms with van der Waals surface area (Å²) >= 11 is 0. The Morgan fingerprint density at radius 1 is 1.32 bits per heavy atom. The Bertz CT molecular complexity index is 443. The zero-order chi connectivity index (χ0) is 13.7. The van der Waals surface area contributed by atoms with Crippen LogP contribution in [-0.2, 0) is 6.54 Å². The van der Waals surface area contributed by atoms with Gasteiger partial charge >= 0.3 is 0 Å². The summed E-state index contributed by atoms with van der Waals surface area (Å²) in [6.45, 7) is 4.44. The second kappa shape index (κ2) is 6.08. The van der Waals surface area contributed by atoms with Gasteiger partial charge < -0.3 is 9.64 Å². The van der Waals surface area contributed by atoms with Crippen LogP contribution in [-0.4, -0.2) is 25.1 Å². The normalized spacial score (nSPS) is 16.7. The molecular weight excluding hydrogens is 236 g/mol. The lowest BCUT2D eigenvalue weighted by Gasteiger charge is -2.38. The zero-order valence-corrected chi connectivity index (χ0v) is 11.9.